The van der Waals surface area contributed by atoms with E-state index in [0.29, 0.717) is 5.15 Å². The van der Waals surface area contributed by atoms with Gasteiger partial charge in [0.1, 0.15) is 0 Å². The molecule has 0 radical (unpaired) electrons. The van der Waals surface area contributed by atoms with Crippen LogP contribution in [0, 0.1) is 0 Å². The van der Waals surface area contributed by atoms with E-state index >= 15 is 0 Å². The van der Waals surface area contributed by atoms with Crippen LogP contribution < -0.4 is 5.32 Å². The van der Waals surface area contributed by atoms with Crippen molar-refractivity contribution < 1.29 is 0 Å². The van der Waals surface area contributed by atoms with Crippen molar-refractivity contribution in [2.24, 2.45) is 0 Å². The van der Waals surface area contributed by atoms with Gasteiger partial charge >= 0.3 is 0 Å². The number of halogens is 1. The van der Waals surface area contributed by atoms with Gasteiger partial charge < -0.3 is 5.32 Å². The molecule has 0 aromatic carbocycles. The van der Waals surface area contributed by atoms with E-state index in [1.807, 2.05) is 0 Å². The molecule has 1 aliphatic rings. The highest BCUT2D eigenvalue weighted by Crippen LogP contribution is 2.21. The molecule has 0 fully saturated rings. The van der Waals surface area contributed by atoms with Crippen molar-refractivity contribution in [2.45, 2.75) is 25.7 Å². The lowest BCUT2D eigenvalue weighted by molar-refractivity contribution is 0.862. The van der Waals surface area contributed by atoms with Gasteiger partial charge in [0.25, 0.3) is 0 Å². The molecule has 0 spiro atoms. The fourth-order valence-corrected chi connectivity index (χ4v) is 2.27. The lowest BCUT2D eigenvalue weighted by Gasteiger charge is -2.03. The van der Waals surface area contributed by atoms with Gasteiger partial charge in [-0.2, -0.15) is 8.75 Å². The Morgan fingerprint density at radius 1 is 1.50 bits per heavy atom. The zero-order chi connectivity index (χ0) is 9.80. The molecule has 3 nitrogen and oxygen atoms in total. The monoisotopic (exact) mass is 229 g/mol. The smallest absolute Gasteiger partial charge is 0.186 e. The van der Waals surface area contributed by atoms with Crippen LogP contribution in [0.5, 0.6) is 0 Å². The number of anilines is 1. The number of nitrogens with zero attached hydrogens (tertiary/aromatic N) is 2. The fourth-order valence-electron chi connectivity index (χ4n) is 1.59. The molecule has 1 aliphatic carbocycles. The Labute approximate surface area is 92.5 Å². The Balaban J connectivity index is 1.75. The summed E-state index contributed by atoms with van der Waals surface area (Å²) in [6.45, 7) is 0.900. The highest BCUT2D eigenvalue weighted by atomic mass is 35.5. The predicted molar refractivity (Wildman–Crippen MR) is 60.0 cm³/mol. The van der Waals surface area contributed by atoms with E-state index in [-0.39, 0.29) is 0 Å². The minimum Gasteiger partial charge on any atom is -0.366 e. The van der Waals surface area contributed by atoms with Crippen LogP contribution in [0.2, 0.25) is 5.15 Å². The average Bonchev–Trinajstić information content (AvgIpc) is 2.78. The first-order valence-corrected chi connectivity index (χ1v) is 5.87. The van der Waals surface area contributed by atoms with Gasteiger partial charge in [0, 0.05) is 6.54 Å². The summed E-state index contributed by atoms with van der Waals surface area (Å²) < 4.78 is 7.93. The Morgan fingerprint density at radius 2 is 2.43 bits per heavy atom. The fraction of sp³-hybridized carbons (Fsp3) is 0.556. The largest absolute Gasteiger partial charge is 0.366 e. The van der Waals surface area contributed by atoms with Gasteiger partial charge in [-0.3, -0.25) is 0 Å². The molecule has 0 aliphatic heterocycles. The number of allylic oxidation sites excluding steroid dienone is 1. The van der Waals surface area contributed by atoms with E-state index in [0.717, 1.165) is 30.5 Å². The van der Waals surface area contributed by atoms with Crippen LogP contribution in [0.3, 0.4) is 0 Å². The molecule has 0 amide bonds. The minimum atomic E-state index is 0.482. The zero-order valence-electron chi connectivity index (χ0n) is 7.79. The summed E-state index contributed by atoms with van der Waals surface area (Å²) in [4.78, 5) is 0. The molecule has 76 valence electrons. The molecule has 1 heterocycles. The van der Waals surface area contributed by atoms with Crippen LogP contribution in [0.25, 0.3) is 0 Å². The summed E-state index contributed by atoms with van der Waals surface area (Å²) >= 11 is 6.93. The number of hydrogen-bond acceptors (Lipinski definition) is 4. The third kappa shape index (κ3) is 2.45. The first kappa shape index (κ1) is 9.93. The summed E-state index contributed by atoms with van der Waals surface area (Å²) in [5, 5.41) is 3.67. The maximum Gasteiger partial charge on any atom is 0.186 e. The van der Waals surface area contributed by atoms with E-state index in [9.17, 15) is 0 Å². The molecular formula is C9H12ClN3S. The molecule has 0 unspecified atom stereocenters. The van der Waals surface area contributed by atoms with Gasteiger partial charge in [-0.1, -0.05) is 23.3 Å². The van der Waals surface area contributed by atoms with Crippen molar-refractivity contribution in [3.8, 4) is 0 Å². The Bertz CT molecular complexity index is 335. The molecule has 14 heavy (non-hydrogen) atoms. The van der Waals surface area contributed by atoms with Crippen molar-refractivity contribution in [3.05, 3.63) is 16.8 Å². The van der Waals surface area contributed by atoms with Gasteiger partial charge in [0.15, 0.2) is 11.0 Å². The molecule has 0 bridgehead atoms. The maximum atomic E-state index is 5.79. The molecule has 5 heteroatoms. The van der Waals surface area contributed by atoms with Crippen LogP contribution in [-0.2, 0) is 0 Å². The van der Waals surface area contributed by atoms with Crippen molar-refractivity contribution in [2.75, 3.05) is 11.9 Å². The average molecular weight is 230 g/mol. The zero-order valence-corrected chi connectivity index (χ0v) is 9.37. The topological polar surface area (TPSA) is 37.8 Å². The Kier molecular flexibility index (Phi) is 3.37. The minimum absolute atomic E-state index is 0.482. The van der Waals surface area contributed by atoms with Gasteiger partial charge in [0.05, 0.1) is 11.7 Å². The second-order valence-electron chi connectivity index (χ2n) is 3.34. The summed E-state index contributed by atoms with van der Waals surface area (Å²) in [5.74, 6) is 0.718. The summed E-state index contributed by atoms with van der Waals surface area (Å²) in [5.41, 5.74) is 1.55. The van der Waals surface area contributed by atoms with Crippen molar-refractivity contribution in [3.63, 3.8) is 0 Å². The number of rotatable bonds is 4. The molecular weight excluding hydrogens is 218 g/mol. The third-order valence-corrected chi connectivity index (χ3v) is 3.21. The van der Waals surface area contributed by atoms with Crippen molar-refractivity contribution in [1.29, 1.82) is 0 Å². The second-order valence-corrected chi connectivity index (χ2v) is 4.22. The lowest BCUT2D eigenvalue weighted by Crippen LogP contribution is -2.02. The van der Waals surface area contributed by atoms with E-state index in [1.54, 1.807) is 5.57 Å². The van der Waals surface area contributed by atoms with Crippen LogP contribution in [0.4, 0.5) is 5.82 Å². The summed E-state index contributed by atoms with van der Waals surface area (Å²) in [6, 6.07) is 0. The number of aromatic nitrogens is 2. The second kappa shape index (κ2) is 4.75. The quantitative estimate of drug-likeness (QED) is 0.807. The third-order valence-electron chi connectivity index (χ3n) is 2.32. The molecule has 1 aromatic rings. The van der Waals surface area contributed by atoms with Gasteiger partial charge in [-0.25, -0.2) is 0 Å². The van der Waals surface area contributed by atoms with Crippen LogP contribution in [0.15, 0.2) is 11.6 Å². The van der Waals surface area contributed by atoms with E-state index < -0.39 is 0 Å². The standard InChI is InChI=1S/C9H12ClN3S/c10-8-9(13-14-12-8)11-6-5-7-3-1-2-4-7/h3H,1-2,4-6H2,(H,11,13). The summed E-state index contributed by atoms with van der Waals surface area (Å²) in [7, 11) is 0. The molecule has 0 saturated carbocycles. The first-order chi connectivity index (χ1) is 6.86. The van der Waals surface area contributed by atoms with Crippen molar-refractivity contribution >= 4 is 29.1 Å². The summed E-state index contributed by atoms with van der Waals surface area (Å²) in [6.07, 6.45) is 7.24. The van der Waals surface area contributed by atoms with E-state index in [2.05, 4.69) is 20.1 Å². The molecule has 1 N–H and O–H groups in total. The van der Waals surface area contributed by atoms with Crippen LogP contribution in [-0.4, -0.2) is 15.3 Å². The molecule has 1 aromatic heterocycles. The lowest BCUT2D eigenvalue weighted by atomic mass is 10.2. The van der Waals surface area contributed by atoms with Gasteiger partial charge in [0.2, 0.25) is 0 Å². The van der Waals surface area contributed by atoms with Gasteiger partial charge in [-0.05, 0) is 25.7 Å². The SMILES string of the molecule is Clc1nsnc1NCCC1=CCCC1. The van der Waals surface area contributed by atoms with Gasteiger partial charge in [-0.15, -0.1) is 0 Å². The number of nitrogens with one attached hydrogen (secondary N) is 1. The normalized spacial score (nSPS) is 15.6. The van der Waals surface area contributed by atoms with Crippen LogP contribution >= 0.6 is 23.3 Å². The molecule has 0 saturated heterocycles. The maximum absolute atomic E-state index is 5.79. The molecule has 0 atom stereocenters. The highest BCUT2D eigenvalue weighted by Gasteiger charge is 2.06. The van der Waals surface area contributed by atoms with Crippen molar-refractivity contribution in [1.82, 2.24) is 8.75 Å². The first-order valence-electron chi connectivity index (χ1n) is 4.76. The van der Waals surface area contributed by atoms with E-state index in [4.69, 9.17) is 11.6 Å². The number of hydrogen-bond donors (Lipinski definition) is 1. The van der Waals surface area contributed by atoms with Crippen LogP contribution in [0.1, 0.15) is 25.7 Å². The molecule has 2 rings (SSSR count). The predicted octanol–water partition coefficient (Wildman–Crippen LogP) is 3.10. The Morgan fingerprint density at radius 3 is 3.07 bits per heavy atom. The Hall–Kier alpha value is -0.610. The van der Waals surface area contributed by atoms with E-state index in [1.165, 1.54) is 19.3 Å². The highest BCUT2D eigenvalue weighted by molar-refractivity contribution is 6.99.